The van der Waals surface area contributed by atoms with E-state index in [1.54, 1.807) is 17.5 Å². The summed E-state index contributed by atoms with van der Waals surface area (Å²) >= 11 is 1.76. The first-order valence-electron chi connectivity index (χ1n) is 8.78. The summed E-state index contributed by atoms with van der Waals surface area (Å²) in [6.45, 7) is 0.914. The Morgan fingerprint density at radius 1 is 1.00 bits per heavy atom. The molecule has 4 aromatic rings. The van der Waals surface area contributed by atoms with E-state index in [0.29, 0.717) is 13.2 Å². The maximum Gasteiger partial charge on any atom is 0.117 e. The minimum absolute atomic E-state index is 0.154. The van der Waals surface area contributed by atoms with Gasteiger partial charge in [-0.3, -0.25) is 4.98 Å². The fourth-order valence-corrected chi connectivity index (χ4v) is 4.18. The van der Waals surface area contributed by atoms with Gasteiger partial charge >= 0.3 is 0 Å². The Kier molecular flexibility index (Phi) is 5.55. The van der Waals surface area contributed by atoms with Crippen LogP contribution in [0, 0.1) is 0 Å². The number of fused-ring (bicyclic) bond motifs is 1. The molecule has 0 amide bonds. The first kappa shape index (κ1) is 17.8. The van der Waals surface area contributed by atoms with E-state index in [0.717, 1.165) is 16.7 Å². The standard InChI is InChI=1S/C22H20N2O2S/c25-24-14-16-7-9-18(10-8-16)22(26-15-17-4-3-11-23-13-17)21-12-19-5-1-2-6-20(19)27-21/h1-13,22,24-25H,14-15H2. The van der Waals surface area contributed by atoms with Gasteiger partial charge in [0.2, 0.25) is 0 Å². The summed E-state index contributed by atoms with van der Waals surface area (Å²) in [4.78, 5) is 5.34. The zero-order valence-electron chi connectivity index (χ0n) is 14.7. The summed E-state index contributed by atoms with van der Waals surface area (Å²) < 4.78 is 7.59. The van der Waals surface area contributed by atoms with E-state index in [4.69, 9.17) is 9.94 Å². The number of ether oxygens (including phenoxy) is 1. The highest BCUT2D eigenvalue weighted by atomic mass is 32.1. The molecule has 1 atom stereocenters. The Labute approximate surface area is 162 Å². The lowest BCUT2D eigenvalue weighted by Crippen LogP contribution is -2.08. The van der Waals surface area contributed by atoms with E-state index in [1.165, 1.54) is 15.0 Å². The van der Waals surface area contributed by atoms with E-state index in [2.05, 4.69) is 52.9 Å². The Morgan fingerprint density at radius 3 is 2.59 bits per heavy atom. The Balaban J connectivity index is 1.65. The molecule has 136 valence electrons. The van der Waals surface area contributed by atoms with Crippen molar-refractivity contribution in [3.05, 3.63) is 101 Å². The molecule has 4 nitrogen and oxygen atoms in total. The molecule has 2 aromatic carbocycles. The molecule has 0 saturated carbocycles. The van der Waals surface area contributed by atoms with Crippen LogP contribution in [0.1, 0.15) is 27.7 Å². The van der Waals surface area contributed by atoms with Crippen LogP contribution in [-0.4, -0.2) is 10.2 Å². The van der Waals surface area contributed by atoms with E-state index in [9.17, 15) is 0 Å². The molecule has 0 radical (unpaired) electrons. The molecule has 1 unspecified atom stereocenters. The van der Waals surface area contributed by atoms with Crippen LogP contribution in [0.15, 0.2) is 79.1 Å². The second-order valence-corrected chi connectivity index (χ2v) is 7.43. The second-order valence-electron chi connectivity index (χ2n) is 6.32. The minimum atomic E-state index is -0.154. The number of hydrogen-bond acceptors (Lipinski definition) is 5. The molecule has 0 aliphatic heterocycles. The lowest BCUT2D eigenvalue weighted by molar-refractivity contribution is 0.0688. The van der Waals surface area contributed by atoms with Crippen LogP contribution in [0.2, 0.25) is 0 Å². The van der Waals surface area contributed by atoms with Gasteiger partial charge in [0.1, 0.15) is 6.10 Å². The summed E-state index contributed by atoms with van der Waals surface area (Å²) in [6.07, 6.45) is 3.44. The first-order chi connectivity index (χ1) is 13.3. The topological polar surface area (TPSA) is 54.4 Å². The molecule has 0 saturated heterocycles. The Bertz CT molecular complexity index is 967. The number of hydrogen-bond donors (Lipinski definition) is 2. The van der Waals surface area contributed by atoms with Crippen LogP contribution in [0.5, 0.6) is 0 Å². The van der Waals surface area contributed by atoms with E-state index >= 15 is 0 Å². The van der Waals surface area contributed by atoms with E-state index in [1.807, 2.05) is 30.5 Å². The maximum atomic E-state index is 8.89. The predicted octanol–water partition coefficient (Wildman–Crippen LogP) is 5.08. The first-order valence-corrected chi connectivity index (χ1v) is 9.60. The van der Waals surface area contributed by atoms with Crippen LogP contribution in [0.25, 0.3) is 10.1 Å². The van der Waals surface area contributed by atoms with Gasteiger partial charge in [0.25, 0.3) is 0 Å². The summed E-state index contributed by atoms with van der Waals surface area (Å²) in [5.41, 5.74) is 5.35. The molecule has 0 aliphatic carbocycles. The van der Waals surface area contributed by atoms with Crippen molar-refractivity contribution >= 4 is 21.4 Å². The van der Waals surface area contributed by atoms with E-state index in [-0.39, 0.29) is 6.10 Å². The van der Waals surface area contributed by atoms with Crippen LogP contribution in [0.4, 0.5) is 0 Å². The molecule has 2 aromatic heterocycles. The molecule has 0 bridgehead atoms. The molecule has 2 heterocycles. The van der Waals surface area contributed by atoms with Crippen molar-refractivity contribution in [2.45, 2.75) is 19.3 Å². The van der Waals surface area contributed by atoms with Crippen LogP contribution in [0.3, 0.4) is 0 Å². The fourth-order valence-electron chi connectivity index (χ4n) is 3.04. The summed E-state index contributed by atoms with van der Waals surface area (Å²) in [6, 6.07) is 22.7. The monoisotopic (exact) mass is 376 g/mol. The highest BCUT2D eigenvalue weighted by Crippen LogP contribution is 2.36. The maximum absolute atomic E-state index is 8.89. The number of nitrogens with zero attached hydrogens (tertiary/aromatic N) is 1. The van der Waals surface area contributed by atoms with Crippen molar-refractivity contribution in [2.24, 2.45) is 0 Å². The molecule has 27 heavy (non-hydrogen) atoms. The van der Waals surface area contributed by atoms with Crippen molar-refractivity contribution in [2.75, 3.05) is 0 Å². The van der Waals surface area contributed by atoms with Gasteiger partial charge in [0.05, 0.1) is 6.61 Å². The van der Waals surface area contributed by atoms with Gasteiger partial charge < -0.3 is 9.94 Å². The van der Waals surface area contributed by atoms with Gasteiger partial charge in [0.15, 0.2) is 0 Å². The Morgan fingerprint density at radius 2 is 1.85 bits per heavy atom. The van der Waals surface area contributed by atoms with Crippen LogP contribution < -0.4 is 5.48 Å². The van der Waals surface area contributed by atoms with Crippen LogP contribution in [-0.2, 0) is 17.9 Å². The van der Waals surface area contributed by atoms with Crippen molar-refractivity contribution < 1.29 is 9.94 Å². The average Bonchev–Trinajstić information content (AvgIpc) is 3.14. The number of hydroxylamine groups is 1. The molecule has 5 heteroatoms. The smallest absolute Gasteiger partial charge is 0.117 e. The van der Waals surface area contributed by atoms with Gasteiger partial charge in [-0.15, -0.1) is 11.3 Å². The molecule has 0 spiro atoms. The largest absolute Gasteiger partial charge is 0.363 e. The summed E-state index contributed by atoms with van der Waals surface area (Å²) in [7, 11) is 0. The van der Waals surface area contributed by atoms with Gasteiger partial charge in [-0.25, -0.2) is 5.48 Å². The quantitative estimate of drug-likeness (QED) is 0.442. The van der Waals surface area contributed by atoms with Gasteiger partial charge in [-0.2, -0.15) is 0 Å². The third kappa shape index (κ3) is 4.23. The normalized spacial score (nSPS) is 12.3. The average molecular weight is 376 g/mol. The van der Waals surface area contributed by atoms with Crippen molar-refractivity contribution in [3.8, 4) is 0 Å². The molecule has 0 fully saturated rings. The third-order valence-electron chi connectivity index (χ3n) is 4.41. The number of rotatable bonds is 7. The van der Waals surface area contributed by atoms with Crippen molar-refractivity contribution in [1.82, 2.24) is 10.5 Å². The second kappa shape index (κ2) is 8.41. The summed E-state index contributed by atoms with van der Waals surface area (Å²) in [5, 5.41) is 10.1. The number of nitrogens with one attached hydrogen (secondary N) is 1. The summed E-state index contributed by atoms with van der Waals surface area (Å²) in [5.74, 6) is 0. The lowest BCUT2D eigenvalue weighted by atomic mass is 10.0. The van der Waals surface area contributed by atoms with Gasteiger partial charge in [-0.05, 0) is 40.3 Å². The fraction of sp³-hybridized carbons (Fsp3) is 0.136. The van der Waals surface area contributed by atoms with Crippen LogP contribution >= 0.6 is 11.3 Å². The number of pyridine rings is 1. The zero-order valence-corrected chi connectivity index (χ0v) is 15.5. The number of thiophene rings is 1. The molecular formula is C22H20N2O2S. The number of benzene rings is 2. The van der Waals surface area contributed by atoms with Crippen molar-refractivity contribution in [3.63, 3.8) is 0 Å². The zero-order chi connectivity index (χ0) is 18.5. The molecule has 2 N–H and O–H groups in total. The molecular weight excluding hydrogens is 356 g/mol. The minimum Gasteiger partial charge on any atom is -0.363 e. The lowest BCUT2D eigenvalue weighted by Gasteiger charge is -2.18. The predicted molar refractivity (Wildman–Crippen MR) is 108 cm³/mol. The molecule has 4 rings (SSSR count). The highest BCUT2D eigenvalue weighted by molar-refractivity contribution is 7.19. The van der Waals surface area contributed by atoms with Gasteiger partial charge in [-0.1, -0.05) is 48.5 Å². The SMILES string of the molecule is ONCc1ccc(C(OCc2cccnc2)c2cc3ccccc3s2)cc1. The van der Waals surface area contributed by atoms with Gasteiger partial charge in [0, 0.05) is 28.5 Å². The Hall–Kier alpha value is -2.57. The van der Waals surface area contributed by atoms with Crippen molar-refractivity contribution in [1.29, 1.82) is 0 Å². The highest BCUT2D eigenvalue weighted by Gasteiger charge is 2.18. The molecule has 0 aliphatic rings. The number of aromatic nitrogens is 1. The van der Waals surface area contributed by atoms with E-state index < -0.39 is 0 Å². The third-order valence-corrected chi connectivity index (χ3v) is 5.57.